The van der Waals surface area contributed by atoms with Crippen molar-refractivity contribution in [1.29, 1.82) is 0 Å². The number of hydrogen-bond donors (Lipinski definition) is 4. The van der Waals surface area contributed by atoms with Gasteiger partial charge in [0.25, 0.3) is 0 Å². The highest BCUT2D eigenvalue weighted by Gasteiger charge is 2.19. The fourth-order valence-corrected chi connectivity index (χ4v) is 4.14. The van der Waals surface area contributed by atoms with Crippen LogP contribution in [0.4, 0.5) is 15.3 Å². The Hall–Kier alpha value is -2.97. The Labute approximate surface area is 185 Å². The Bertz CT molecular complexity index is 1170. The van der Waals surface area contributed by atoms with E-state index in [2.05, 4.69) is 58.2 Å². The summed E-state index contributed by atoms with van der Waals surface area (Å²) in [7, 11) is 0. The first-order chi connectivity index (χ1) is 15.1. The molecule has 0 amide bonds. The number of fused-ring (bicyclic) bond motifs is 1. The molecule has 31 heavy (non-hydrogen) atoms. The van der Waals surface area contributed by atoms with Crippen molar-refractivity contribution in [2.45, 2.75) is 39.7 Å². The lowest BCUT2D eigenvalue weighted by atomic mass is 10.00. The van der Waals surface area contributed by atoms with Gasteiger partial charge in [0.15, 0.2) is 10.9 Å². The van der Waals surface area contributed by atoms with Gasteiger partial charge in [0.05, 0.1) is 21.5 Å². The number of thiazole rings is 1. The number of H-pyrrole nitrogens is 1. The minimum absolute atomic E-state index is 0.282. The largest absolute Gasteiger partial charge is 0.368 e. The molecule has 2 aromatic heterocycles. The average molecular weight is 439 g/mol. The van der Waals surface area contributed by atoms with Gasteiger partial charge in [0, 0.05) is 18.2 Å². The lowest BCUT2D eigenvalue weighted by Crippen LogP contribution is -2.30. The van der Waals surface area contributed by atoms with E-state index in [1.807, 2.05) is 18.2 Å². The Morgan fingerprint density at radius 3 is 2.77 bits per heavy atom. The second-order valence-corrected chi connectivity index (χ2v) is 8.54. The molecule has 0 unspecified atom stereocenters. The van der Waals surface area contributed by atoms with Crippen molar-refractivity contribution >= 4 is 32.5 Å². The third kappa shape index (κ3) is 4.55. The molecule has 4 aromatic rings. The van der Waals surface area contributed by atoms with Crippen LogP contribution in [0.1, 0.15) is 33.6 Å². The smallest absolute Gasteiger partial charge is 0.198 e. The van der Waals surface area contributed by atoms with E-state index in [9.17, 15) is 4.39 Å². The van der Waals surface area contributed by atoms with E-state index in [0.717, 1.165) is 51.7 Å². The van der Waals surface area contributed by atoms with Crippen LogP contribution in [0, 0.1) is 5.82 Å². The predicted octanol–water partition coefficient (Wildman–Crippen LogP) is 6.03. The first kappa shape index (κ1) is 21.3. The lowest BCUT2D eigenvalue weighted by Gasteiger charge is -2.10. The van der Waals surface area contributed by atoms with Crippen LogP contribution in [0.2, 0.25) is 0 Å². The number of halogens is 1. The summed E-state index contributed by atoms with van der Waals surface area (Å²) < 4.78 is 15.6. The number of hydrazine groups is 1. The van der Waals surface area contributed by atoms with E-state index in [-0.39, 0.29) is 5.82 Å². The molecule has 0 spiro atoms. The van der Waals surface area contributed by atoms with E-state index in [0.29, 0.717) is 17.3 Å². The molecule has 0 aliphatic heterocycles. The molecule has 1 atom stereocenters. The first-order valence-electron chi connectivity index (χ1n) is 10.6. The van der Waals surface area contributed by atoms with Crippen molar-refractivity contribution in [3.63, 3.8) is 0 Å². The summed E-state index contributed by atoms with van der Waals surface area (Å²) in [5.74, 6) is 0.441. The number of hydrogen-bond acceptors (Lipinski definition) is 6. The minimum Gasteiger partial charge on any atom is -0.368 e. The second kappa shape index (κ2) is 9.45. The molecular weight excluding hydrogens is 411 g/mol. The second-order valence-electron chi connectivity index (χ2n) is 7.51. The van der Waals surface area contributed by atoms with Crippen molar-refractivity contribution in [3.05, 3.63) is 48.3 Å². The summed E-state index contributed by atoms with van der Waals surface area (Å²) in [4.78, 5) is 4.65. The van der Waals surface area contributed by atoms with Gasteiger partial charge in [-0.05, 0) is 49.6 Å². The van der Waals surface area contributed by atoms with Crippen molar-refractivity contribution < 1.29 is 4.39 Å². The fourth-order valence-electron chi connectivity index (χ4n) is 3.27. The fraction of sp³-hybridized carbons (Fsp3) is 0.304. The highest BCUT2D eigenvalue weighted by Crippen LogP contribution is 2.39. The van der Waals surface area contributed by atoms with E-state index in [1.165, 1.54) is 6.07 Å². The SMILES string of the molecule is CCCNc1n[nH]c(-c2ccccc2F)c1-c1ccc2nc(NN[C@H](C)CC)sc2c1. The van der Waals surface area contributed by atoms with E-state index in [4.69, 9.17) is 0 Å². The third-order valence-corrected chi connectivity index (χ3v) is 6.10. The molecule has 0 bridgehead atoms. The number of aromatic amines is 1. The molecule has 0 saturated carbocycles. The van der Waals surface area contributed by atoms with Gasteiger partial charge in [-0.3, -0.25) is 10.5 Å². The Morgan fingerprint density at radius 2 is 2.00 bits per heavy atom. The quantitative estimate of drug-likeness (QED) is 0.240. The van der Waals surface area contributed by atoms with Crippen molar-refractivity contribution in [2.75, 3.05) is 17.3 Å². The highest BCUT2D eigenvalue weighted by molar-refractivity contribution is 7.22. The lowest BCUT2D eigenvalue weighted by molar-refractivity contribution is 0.587. The molecule has 0 aliphatic rings. The Morgan fingerprint density at radius 1 is 1.16 bits per heavy atom. The van der Waals surface area contributed by atoms with Crippen LogP contribution >= 0.6 is 11.3 Å². The van der Waals surface area contributed by atoms with Crippen LogP contribution in [0.3, 0.4) is 0 Å². The maximum absolute atomic E-state index is 14.6. The molecule has 0 saturated heterocycles. The predicted molar refractivity (Wildman–Crippen MR) is 128 cm³/mol. The number of benzene rings is 2. The van der Waals surface area contributed by atoms with Crippen LogP contribution < -0.4 is 16.2 Å². The molecule has 4 rings (SSSR count). The molecular formula is C23H27FN6S. The standard InChI is InChI=1S/C23H27FN6S/c1-4-12-25-22-20(21(28-29-22)16-8-6-7-9-17(16)24)15-10-11-18-19(13-15)31-23(26-18)30-27-14(3)5-2/h6-11,13-14,27H,4-5,12H2,1-3H3,(H,26,30)(H2,25,28,29)/t14-/m1/s1. The summed E-state index contributed by atoms with van der Waals surface area (Å²) in [5.41, 5.74) is 10.4. The van der Waals surface area contributed by atoms with E-state index < -0.39 is 0 Å². The van der Waals surface area contributed by atoms with Gasteiger partial charge in [0.2, 0.25) is 0 Å². The Balaban J connectivity index is 1.75. The van der Waals surface area contributed by atoms with Gasteiger partial charge in [0.1, 0.15) is 5.82 Å². The monoisotopic (exact) mass is 438 g/mol. The number of anilines is 2. The average Bonchev–Trinajstić information content (AvgIpc) is 3.39. The molecule has 162 valence electrons. The summed E-state index contributed by atoms with van der Waals surface area (Å²) >= 11 is 1.58. The highest BCUT2D eigenvalue weighted by atomic mass is 32.1. The normalized spacial score (nSPS) is 12.3. The summed E-state index contributed by atoms with van der Waals surface area (Å²) in [6, 6.07) is 13.2. The van der Waals surface area contributed by atoms with Gasteiger partial charge in [-0.2, -0.15) is 5.10 Å². The third-order valence-electron chi connectivity index (χ3n) is 5.17. The molecule has 2 aromatic carbocycles. The number of nitrogens with one attached hydrogen (secondary N) is 4. The van der Waals surface area contributed by atoms with Crippen molar-refractivity contribution in [3.8, 4) is 22.4 Å². The van der Waals surface area contributed by atoms with Crippen LogP contribution in [0.15, 0.2) is 42.5 Å². The van der Waals surface area contributed by atoms with Crippen LogP contribution in [-0.4, -0.2) is 27.8 Å². The molecule has 4 N–H and O–H groups in total. The van der Waals surface area contributed by atoms with E-state index >= 15 is 0 Å². The van der Waals surface area contributed by atoms with Crippen LogP contribution in [-0.2, 0) is 0 Å². The van der Waals surface area contributed by atoms with E-state index in [1.54, 1.807) is 23.5 Å². The van der Waals surface area contributed by atoms with Gasteiger partial charge in [-0.1, -0.05) is 43.4 Å². The van der Waals surface area contributed by atoms with Crippen LogP contribution in [0.25, 0.3) is 32.6 Å². The molecule has 0 fully saturated rings. The Kier molecular flexibility index (Phi) is 6.48. The summed E-state index contributed by atoms with van der Waals surface area (Å²) in [6.07, 6.45) is 1.99. The number of aromatic nitrogens is 3. The first-order valence-corrected chi connectivity index (χ1v) is 11.4. The molecule has 0 aliphatic carbocycles. The molecule has 2 heterocycles. The zero-order valence-corrected chi connectivity index (χ0v) is 18.7. The topological polar surface area (TPSA) is 77.7 Å². The zero-order valence-electron chi connectivity index (χ0n) is 17.9. The van der Waals surface area contributed by atoms with Gasteiger partial charge in [-0.15, -0.1) is 0 Å². The molecule has 0 radical (unpaired) electrons. The van der Waals surface area contributed by atoms with Crippen molar-refractivity contribution in [2.24, 2.45) is 0 Å². The maximum Gasteiger partial charge on any atom is 0.198 e. The molecule has 6 nitrogen and oxygen atoms in total. The van der Waals surface area contributed by atoms with Crippen molar-refractivity contribution in [1.82, 2.24) is 20.6 Å². The van der Waals surface area contributed by atoms with Gasteiger partial charge >= 0.3 is 0 Å². The summed E-state index contributed by atoms with van der Waals surface area (Å²) in [6.45, 7) is 7.13. The maximum atomic E-state index is 14.6. The number of rotatable bonds is 9. The van der Waals surface area contributed by atoms with Crippen LogP contribution in [0.5, 0.6) is 0 Å². The van der Waals surface area contributed by atoms with Gasteiger partial charge in [-0.25, -0.2) is 14.8 Å². The zero-order chi connectivity index (χ0) is 21.8. The van der Waals surface area contributed by atoms with Gasteiger partial charge < -0.3 is 5.32 Å². The molecule has 8 heteroatoms. The number of nitrogens with zero attached hydrogens (tertiary/aromatic N) is 2. The minimum atomic E-state index is -0.282. The summed E-state index contributed by atoms with van der Waals surface area (Å²) in [5, 5.41) is 11.7.